The molecule has 0 fully saturated rings. The predicted octanol–water partition coefficient (Wildman–Crippen LogP) is 3.29. The molecule has 0 aliphatic heterocycles. The number of halogens is 1. The van der Waals surface area contributed by atoms with Gasteiger partial charge in [-0.3, -0.25) is 0 Å². The van der Waals surface area contributed by atoms with Gasteiger partial charge in [0.1, 0.15) is 12.4 Å². The maximum Gasteiger partial charge on any atom is 0.131 e. The molecule has 1 N–H and O–H groups in total. The molecule has 0 spiro atoms. The number of thiazole rings is 1. The van der Waals surface area contributed by atoms with Crippen molar-refractivity contribution in [2.24, 2.45) is 0 Å². The van der Waals surface area contributed by atoms with Crippen molar-refractivity contribution in [2.75, 3.05) is 0 Å². The Morgan fingerprint density at radius 2 is 2.29 bits per heavy atom. The minimum Gasteiger partial charge on any atom is -0.487 e. The van der Waals surface area contributed by atoms with Crippen molar-refractivity contribution in [3.63, 3.8) is 0 Å². The minimum absolute atomic E-state index is 0.00636. The molecule has 1 aromatic carbocycles. The first-order valence-corrected chi connectivity index (χ1v) is 6.79. The van der Waals surface area contributed by atoms with Gasteiger partial charge in [-0.1, -0.05) is 15.9 Å². The van der Waals surface area contributed by atoms with Crippen molar-refractivity contribution in [3.05, 3.63) is 44.3 Å². The molecule has 0 radical (unpaired) electrons. The monoisotopic (exact) mass is 313 g/mol. The summed E-state index contributed by atoms with van der Waals surface area (Å²) in [6.07, 6.45) is 0. The molecule has 1 heterocycles. The number of aliphatic hydroxyl groups excluding tert-OH is 1. The highest BCUT2D eigenvalue weighted by Gasteiger charge is 2.03. The molecule has 1 aromatic heterocycles. The maximum atomic E-state index is 9.14. The summed E-state index contributed by atoms with van der Waals surface area (Å²) in [6, 6.07) is 5.55. The first kappa shape index (κ1) is 12.5. The fourth-order valence-corrected chi connectivity index (χ4v) is 2.36. The molecular formula is C12H12BrNO2S. The van der Waals surface area contributed by atoms with Crippen molar-refractivity contribution >= 4 is 27.3 Å². The number of nitrogens with zero attached hydrogens (tertiary/aromatic N) is 1. The van der Waals surface area contributed by atoms with Gasteiger partial charge in [0.15, 0.2) is 0 Å². The molecule has 90 valence electrons. The number of hydrogen-bond acceptors (Lipinski definition) is 4. The average molecular weight is 314 g/mol. The second-order valence-electron chi connectivity index (χ2n) is 3.56. The van der Waals surface area contributed by atoms with Crippen LogP contribution >= 0.6 is 27.3 Å². The lowest BCUT2D eigenvalue weighted by molar-refractivity contribution is 0.276. The summed E-state index contributed by atoms with van der Waals surface area (Å²) in [4.78, 5) is 4.32. The third-order valence-electron chi connectivity index (χ3n) is 2.24. The quantitative estimate of drug-likeness (QED) is 0.942. The smallest absolute Gasteiger partial charge is 0.131 e. The molecule has 17 heavy (non-hydrogen) atoms. The van der Waals surface area contributed by atoms with E-state index >= 15 is 0 Å². The Labute approximate surface area is 112 Å². The molecule has 0 bridgehead atoms. The van der Waals surface area contributed by atoms with E-state index < -0.39 is 0 Å². The Morgan fingerprint density at radius 1 is 1.47 bits per heavy atom. The van der Waals surface area contributed by atoms with E-state index in [1.54, 1.807) is 11.3 Å². The Kier molecular flexibility index (Phi) is 4.15. The van der Waals surface area contributed by atoms with E-state index in [4.69, 9.17) is 9.84 Å². The largest absolute Gasteiger partial charge is 0.487 e. The van der Waals surface area contributed by atoms with Crippen molar-refractivity contribution in [1.29, 1.82) is 0 Å². The van der Waals surface area contributed by atoms with E-state index in [1.165, 1.54) is 0 Å². The van der Waals surface area contributed by atoms with E-state index in [0.717, 1.165) is 26.5 Å². The van der Waals surface area contributed by atoms with Crippen molar-refractivity contribution < 1.29 is 9.84 Å². The van der Waals surface area contributed by atoms with Crippen LogP contribution in [0.25, 0.3) is 0 Å². The van der Waals surface area contributed by atoms with E-state index in [-0.39, 0.29) is 6.61 Å². The molecular weight excluding hydrogens is 302 g/mol. The lowest BCUT2D eigenvalue weighted by Crippen LogP contribution is -1.97. The molecule has 5 heteroatoms. The lowest BCUT2D eigenvalue weighted by atomic mass is 10.2. The van der Waals surface area contributed by atoms with E-state index in [0.29, 0.717) is 6.61 Å². The maximum absolute atomic E-state index is 9.14. The summed E-state index contributed by atoms with van der Waals surface area (Å²) in [5.41, 5.74) is 1.75. The van der Waals surface area contributed by atoms with Gasteiger partial charge in [-0.15, -0.1) is 11.3 Å². The van der Waals surface area contributed by atoms with Crippen molar-refractivity contribution in [1.82, 2.24) is 4.98 Å². The second-order valence-corrected chi connectivity index (χ2v) is 5.47. The van der Waals surface area contributed by atoms with Crippen LogP contribution in [0, 0.1) is 6.92 Å². The van der Waals surface area contributed by atoms with Gasteiger partial charge in [0.25, 0.3) is 0 Å². The molecule has 0 atom stereocenters. The van der Waals surface area contributed by atoms with E-state index in [9.17, 15) is 0 Å². The van der Waals surface area contributed by atoms with Crippen LogP contribution in [-0.4, -0.2) is 10.1 Å². The average Bonchev–Trinajstić information content (AvgIpc) is 2.74. The van der Waals surface area contributed by atoms with Crippen LogP contribution in [0.2, 0.25) is 0 Å². The number of aromatic nitrogens is 1. The molecule has 0 aliphatic carbocycles. The summed E-state index contributed by atoms with van der Waals surface area (Å²) in [6.45, 7) is 2.42. The normalized spacial score (nSPS) is 10.5. The lowest BCUT2D eigenvalue weighted by Gasteiger charge is -2.07. The van der Waals surface area contributed by atoms with Crippen molar-refractivity contribution in [3.8, 4) is 5.75 Å². The summed E-state index contributed by atoms with van der Waals surface area (Å²) < 4.78 is 6.50. The molecule has 0 aliphatic rings. The standard InChI is InChI=1S/C12H12BrNO2S/c1-8-14-10(7-17-8)6-16-11-2-3-12(13)9(4-11)5-15/h2-4,7,15H,5-6H2,1H3. The van der Waals surface area contributed by atoms with Crippen LogP contribution in [0.15, 0.2) is 28.1 Å². The van der Waals surface area contributed by atoms with Gasteiger partial charge in [-0.2, -0.15) is 0 Å². The first-order chi connectivity index (χ1) is 8.19. The molecule has 0 amide bonds. The van der Waals surface area contributed by atoms with Crippen LogP contribution in [-0.2, 0) is 13.2 Å². The van der Waals surface area contributed by atoms with Gasteiger partial charge >= 0.3 is 0 Å². The zero-order chi connectivity index (χ0) is 12.3. The summed E-state index contributed by atoms with van der Waals surface area (Å²) in [5.74, 6) is 0.739. The first-order valence-electron chi connectivity index (χ1n) is 5.12. The number of aliphatic hydroxyl groups is 1. The molecule has 0 unspecified atom stereocenters. The predicted molar refractivity (Wildman–Crippen MR) is 71.2 cm³/mol. The highest BCUT2D eigenvalue weighted by molar-refractivity contribution is 9.10. The molecule has 2 aromatic rings. The van der Waals surface area contributed by atoms with Gasteiger partial charge in [-0.05, 0) is 30.7 Å². The number of hydrogen-bond donors (Lipinski definition) is 1. The summed E-state index contributed by atoms with van der Waals surface area (Å²) in [5, 5.41) is 12.2. The fraction of sp³-hybridized carbons (Fsp3) is 0.250. The number of benzene rings is 1. The SMILES string of the molecule is Cc1nc(COc2ccc(Br)c(CO)c2)cs1. The Morgan fingerprint density at radius 3 is 2.94 bits per heavy atom. The zero-order valence-electron chi connectivity index (χ0n) is 9.31. The van der Waals surface area contributed by atoms with E-state index in [1.807, 2.05) is 30.5 Å². The van der Waals surface area contributed by atoms with E-state index in [2.05, 4.69) is 20.9 Å². The Balaban J connectivity index is 2.04. The fourth-order valence-electron chi connectivity index (χ4n) is 1.39. The van der Waals surface area contributed by atoms with Crippen LogP contribution in [0.3, 0.4) is 0 Å². The summed E-state index contributed by atoms with van der Waals surface area (Å²) >= 11 is 4.97. The third kappa shape index (κ3) is 3.28. The van der Waals surface area contributed by atoms with Gasteiger partial charge < -0.3 is 9.84 Å². The molecule has 3 nitrogen and oxygen atoms in total. The Hall–Kier alpha value is -0.910. The second kappa shape index (κ2) is 5.62. The zero-order valence-corrected chi connectivity index (χ0v) is 11.7. The third-order valence-corrected chi connectivity index (χ3v) is 3.84. The number of rotatable bonds is 4. The van der Waals surface area contributed by atoms with Gasteiger partial charge in [0, 0.05) is 9.85 Å². The topological polar surface area (TPSA) is 42.4 Å². The molecule has 0 saturated heterocycles. The molecule has 0 saturated carbocycles. The Bertz CT molecular complexity index is 513. The number of aryl methyl sites for hydroxylation is 1. The van der Waals surface area contributed by atoms with Gasteiger partial charge in [-0.25, -0.2) is 4.98 Å². The van der Waals surface area contributed by atoms with Crippen LogP contribution < -0.4 is 4.74 Å². The number of ether oxygens (including phenoxy) is 1. The highest BCUT2D eigenvalue weighted by atomic mass is 79.9. The van der Waals surface area contributed by atoms with Gasteiger partial charge in [0.05, 0.1) is 17.3 Å². The van der Waals surface area contributed by atoms with Crippen LogP contribution in [0.5, 0.6) is 5.75 Å². The van der Waals surface area contributed by atoms with Crippen LogP contribution in [0.1, 0.15) is 16.3 Å². The van der Waals surface area contributed by atoms with Crippen molar-refractivity contribution in [2.45, 2.75) is 20.1 Å². The highest BCUT2D eigenvalue weighted by Crippen LogP contribution is 2.23. The summed E-state index contributed by atoms with van der Waals surface area (Å²) in [7, 11) is 0. The molecule has 2 rings (SSSR count). The minimum atomic E-state index is -0.00636. The van der Waals surface area contributed by atoms with Crippen LogP contribution in [0.4, 0.5) is 0 Å². The van der Waals surface area contributed by atoms with Gasteiger partial charge in [0.2, 0.25) is 0 Å².